The summed E-state index contributed by atoms with van der Waals surface area (Å²) < 4.78 is 16.2. The molecule has 0 spiro atoms. The first-order valence-corrected chi connectivity index (χ1v) is 7.97. The molecule has 0 aromatic heterocycles. The maximum Gasteiger partial charge on any atom is 0.415 e. The summed E-state index contributed by atoms with van der Waals surface area (Å²) in [5.74, 6) is 0.590. The summed E-state index contributed by atoms with van der Waals surface area (Å²) in [7, 11) is 0. The van der Waals surface area contributed by atoms with Crippen LogP contribution in [-0.2, 0) is 9.53 Å². The average Bonchev–Trinajstić information content (AvgIpc) is 2.57. The maximum atomic E-state index is 11.5. The zero-order valence-electron chi connectivity index (χ0n) is 12.7. The number of benzene rings is 2. The molecule has 2 aromatic carbocycles. The lowest BCUT2D eigenvalue weighted by atomic mass is 10.3. The predicted molar refractivity (Wildman–Crippen MR) is 90.8 cm³/mol. The Bertz CT molecular complexity index is 660. The Morgan fingerprint density at radius 1 is 0.958 bits per heavy atom. The van der Waals surface area contributed by atoms with Crippen LogP contribution in [0.1, 0.15) is 6.42 Å². The van der Waals surface area contributed by atoms with Crippen LogP contribution < -0.4 is 14.8 Å². The van der Waals surface area contributed by atoms with E-state index in [1.165, 1.54) is 0 Å². The minimum atomic E-state index is -0.694. The molecule has 0 saturated heterocycles. The van der Waals surface area contributed by atoms with Crippen molar-refractivity contribution in [3.8, 4) is 11.5 Å². The van der Waals surface area contributed by atoms with Gasteiger partial charge >= 0.3 is 12.1 Å². The number of esters is 1. The third-order valence-corrected chi connectivity index (χ3v) is 3.32. The van der Waals surface area contributed by atoms with Crippen molar-refractivity contribution in [2.24, 2.45) is 0 Å². The SMILES string of the molecule is O=C(CCOc1ccc(Br)cc1)OCNC(=O)Oc1ccccc1. The third kappa shape index (κ3) is 6.70. The molecule has 2 aromatic rings. The minimum Gasteiger partial charge on any atom is -0.493 e. The first-order valence-electron chi connectivity index (χ1n) is 7.18. The molecule has 0 atom stereocenters. The fourth-order valence-corrected chi connectivity index (χ4v) is 1.93. The van der Waals surface area contributed by atoms with Crippen molar-refractivity contribution < 1.29 is 23.8 Å². The lowest BCUT2D eigenvalue weighted by Gasteiger charge is -2.08. The van der Waals surface area contributed by atoms with Crippen LogP contribution in [-0.4, -0.2) is 25.4 Å². The van der Waals surface area contributed by atoms with E-state index in [0.29, 0.717) is 11.5 Å². The lowest BCUT2D eigenvalue weighted by molar-refractivity contribution is -0.144. The molecular weight excluding hydrogens is 378 g/mol. The molecule has 0 heterocycles. The number of carbonyl (C=O) groups is 2. The van der Waals surface area contributed by atoms with Crippen LogP contribution >= 0.6 is 15.9 Å². The average molecular weight is 394 g/mol. The van der Waals surface area contributed by atoms with Crippen LogP contribution in [0.25, 0.3) is 0 Å². The van der Waals surface area contributed by atoms with Crippen LogP contribution in [0.3, 0.4) is 0 Å². The molecule has 0 fully saturated rings. The van der Waals surface area contributed by atoms with E-state index >= 15 is 0 Å². The molecule has 0 aliphatic heterocycles. The van der Waals surface area contributed by atoms with E-state index in [1.807, 2.05) is 18.2 Å². The van der Waals surface area contributed by atoms with Gasteiger partial charge in [0.1, 0.15) is 11.5 Å². The molecule has 6 nitrogen and oxygen atoms in total. The van der Waals surface area contributed by atoms with Crippen LogP contribution in [0.4, 0.5) is 4.79 Å². The van der Waals surface area contributed by atoms with E-state index in [9.17, 15) is 9.59 Å². The zero-order valence-corrected chi connectivity index (χ0v) is 14.3. The topological polar surface area (TPSA) is 73.9 Å². The monoisotopic (exact) mass is 393 g/mol. The molecular formula is C17H16BrNO5. The van der Waals surface area contributed by atoms with Gasteiger partial charge in [-0.05, 0) is 36.4 Å². The highest BCUT2D eigenvalue weighted by Gasteiger charge is 2.07. The molecule has 24 heavy (non-hydrogen) atoms. The van der Waals surface area contributed by atoms with Crippen molar-refractivity contribution in [2.75, 3.05) is 13.3 Å². The lowest BCUT2D eigenvalue weighted by Crippen LogP contribution is -2.30. The summed E-state index contributed by atoms with van der Waals surface area (Å²) >= 11 is 3.32. The molecule has 1 N–H and O–H groups in total. The first kappa shape index (κ1) is 17.8. The smallest absolute Gasteiger partial charge is 0.415 e. The van der Waals surface area contributed by atoms with Gasteiger partial charge in [0.15, 0.2) is 6.73 Å². The summed E-state index contributed by atoms with van der Waals surface area (Å²) in [5.41, 5.74) is 0. The van der Waals surface area contributed by atoms with Crippen molar-refractivity contribution in [2.45, 2.75) is 6.42 Å². The van der Waals surface area contributed by atoms with E-state index in [-0.39, 0.29) is 19.8 Å². The maximum absolute atomic E-state index is 11.5. The Labute approximate surface area is 147 Å². The van der Waals surface area contributed by atoms with Crippen molar-refractivity contribution in [3.63, 3.8) is 0 Å². The Kier molecular flexibility index (Phi) is 7.10. The molecule has 0 bridgehead atoms. The van der Waals surface area contributed by atoms with Gasteiger partial charge in [0.2, 0.25) is 0 Å². The van der Waals surface area contributed by atoms with Gasteiger partial charge in [-0.25, -0.2) is 4.79 Å². The van der Waals surface area contributed by atoms with Crippen molar-refractivity contribution >= 4 is 28.0 Å². The second kappa shape index (κ2) is 9.57. The first-order chi connectivity index (χ1) is 11.6. The standard InChI is InChI=1S/C17H16BrNO5/c18-13-6-8-14(9-7-13)22-11-10-16(20)23-12-19-17(21)24-15-4-2-1-3-5-15/h1-9H,10-12H2,(H,19,21). The Morgan fingerprint density at radius 2 is 1.67 bits per heavy atom. The molecule has 0 aliphatic carbocycles. The van der Waals surface area contributed by atoms with Gasteiger partial charge in [0.25, 0.3) is 0 Å². The highest BCUT2D eigenvalue weighted by Crippen LogP contribution is 2.16. The second-order valence-electron chi connectivity index (χ2n) is 4.59. The van der Waals surface area contributed by atoms with Gasteiger partial charge in [-0.3, -0.25) is 10.1 Å². The number of halogens is 1. The van der Waals surface area contributed by atoms with Crippen LogP contribution in [0.5, 0.6) is 11.5 Å². The number of ether oxygens (including phenoxy) is 3. The molecule has 2 rings (SSSR count). The second-order valence-corrected chi connectivity index (χ2v) is 5.51. The van der Waals surface area contributed by atoms with E-state index in [2.05, 4.69) is 21.2 Å². The summed E-state index contributed by atoms with van der Waals surface area (Å²) in [5, 5.41) is 2.33. The summed E-state index contributed by atoms with van der Waals surface area (Å²) in [6.07, 6.45) is -0.619. The molecule has 0 saturated carbocycles. The highest BCUT2D eigenvalue weighted by atomic mass is 79.9. The summed E-state index contributed by atoms with van der Waals surface area (Å²) in [6.45, 7) is -0.0717. The minimum absolute atomic E-state index is 0.0749. The summed E-state index contributed by atoms with van der Waals surface area (Å²) in [4.78, 5) is 23.0. The van der Waals surface area contributed by atoms with Gasteiger partial charge in [-0.2, -0.15) is 0 Å². The number of para-hydroxylation sites is 1. The van der Waals surface area contributed by atoms with Gasteiger partial charge in [0.05, 0.1) is 13.0 Å². The largest absolute Gasteiger partial charge is 0.493 e. The number of nitrogens with one attached hydrogen (secondary N) is 1. The van der Waals surface area contributed by atoms with Crippen LogP contribution in [0.15, 0.2) is 59.1 Å². The van der Waals surface area contributed by atoms with Gasteiger partial charge in [-0.1, -0.05) is 34.1 Å². The normalized spacial score (nSPS) is 9.88. The molecule has 7 heteroatoms. The molecule has 0 aliphatic rings. The number of hydrogen-bond acceptors (Lipinski definition) is 5. The fourth-order valence-electron chi connectivity index (χ4n) is 1.66. The number of hydrogen-bond donors (Lipinski definition) is 1. The van der Waals surface area contributed by atoms with Crippen LogP contribution in [0, 0.1) is 0 Å². The molecule has 0 radical (unpaired) electrons. The number of rotatable bonds is 7. The van der Waals surface area contributed by atoms with Crippen molar-refractivity contribution in [1.82, 2.24) is 5.32 Å². The molecule has 126 valence electrons. The molecule has 0 unspecified atom stereocenters. The quantitative estimate of drug-likeness (QED) is 0.575. The zero-order chi connectivity index (χ0) is 17.2. The Morgan fingerprint density at radius 3 is 2.38 bits per heavy atom. The Hall–Kier alpha value is -2.54. The highest BCUT2D eigenvalue weighted by molar-refractivity contribution is 9.10. The summed E-state index contributed by atoms with van der Waals surface area (Å²) in [6, 6.07) is 15.8. The van der Waals surface area contributed by atoms with E-state index in [0.717, 1.165) is 4.47 Å². The van der Waals surface area contributed by atoms with Gasteiger partial charge in [0, 0.05) is 4.47 Å². The molecule has 1 amide bonds. The fraction of sp³-hybridized carbons (Fsp3) is 0.176. The third-order valence-electron chi connectivity index (χ3n) is 2.79. The van der Waals surface area contributed by atoms with Crippen molar-refractivity contribution in [3.05, 3.63) is 59.1 Å². The van der Waals surface area contributed by atoms with E-state index < -0.39 is 12.1 Å². The number of amides is 1. The van der Waals surface area contributed by atoms with Crippen molar-refractivity contribution in [1.29, 1.82) is 0 Å². The predicted octanol–water partition coefficient (Wildman–Crippen LogP) is 3.51. The Balaban J connectivity index is 1.57. The van der Waals surface area contributed by atoms with Crippen LogP contribution in [0.2, 0.25) is 0 Å². The van der Waals surface area contributed by atoms with Gasteiger partial charge < -0.3 is 14.2 Å². The number of carbonyl (C=O) groups excluding carboxylic acids is 2. The van der Waals surface area contributed by atoms with E-state index in [1.54, 1.807) is 36.4 Å². The van der Waals surface area contributed by atoms with E-state index in [4.69, 9.17) is 14.2 Å². The van der Waals surface area contributed by atoms with Gasteiger partial charge in [-0.15, -0.1) is 0 Å².